The molecule has 154 valence electrons. The molecule has 6 heteroatoms. The Bertz CT molecular complexity index is 1610. The molecule has 3 N–H and O–H groups in total. The average molecular weight is 481 g/mol. The van der Waals surface area contributed by atoms with Gasteiger partial charge in [-0.1, -0.05) is 15.9 Å². The molecule has 1 aromatic carbocycles. The summed E-state index contributed by atoms with van der Waals surface area (Å²) in [7, 11) is 0. The van der Waals surface area contributed by atoms with Crippen LogP contribution in [0.2, 0.25) is 0 Å². The zero-order valence-electron chi connectivity index (χ0n) is 16.8. The minimum Gasteiger partial charge on any atom is -0.508 e. The molecule has 2 aliphatic heterocycles. The predicted molar refractivity (Wildman–Crippen MR) is 133 cm³/mol. The minimum absolute atomic E-state index is 0.206. The Labute approximate surface area is 192 Å². The molecule has 4 aromatic rings. The van der Waals surface area contributed by atoms with Crippen molar-refractivity contribution < 1.29 is 5.11 Å². The molecule has 3 aromatic heterocycles. The molecule has 0 amide bonds. The summed E-state index contributed by atoms with van der Waals surface area (Å²) in [5.41, 5.74) is 9.07. The standard InChI is InChI=1S/C26H17BrN4O/c27-25-8-7-22(32)14-23(25)24-12-21-11-19-4-3-17(29-19)9-15-1-2-16(28-15)10-18-5-6-20(30-18)13-26(24)31-21/h1-14,28-29,32H. The van der Waals surface area contributed by atoms with Crippen molar-refractivity contribution in [3.63, 3.8) is 0 Å². The van der Waals surface area contributed by atoms with Crippen molar-refractivity contribution in [1.29, 1.82) is 0 Å². The van der Waals surface area contributed by atoms with Gasteiger partial charge in [-0.2, -0.15) is 0 Å². The fraction of sp³-hybridized carbons (Fsp3) is 0. The van der Waals surface area contributed by atoms with Crippen molar-refractivity contribution in [3.05, 3.63) is 99.5 Å². The van der Waals surface area contributed by atoms with Crippen molar-refractivity contribution in [2.75, 3.05) is 0 Å². The van der Waals surface area contributed by atoms with E-state index in [-0.39, 0.29) is 5.75 Å². The minimum atomic E-state index is 0.206. The Morgan fingerprint density at radius 1 is 0.656 bits per heavy atom. The van der Waals surface area contributed by atoms with Crippen LogP contribution in [0.3, 0.4) is 0 Å². The second-order valence-corrected chi connectivity index (χ2v) is 8.61. The first-order valence-electron chi connectivity index (χ1n) is 10.2. The number of nitrogens with zero attached hydrogens (tertiary/aromatic N) is 2. The van der Waals surface area contributed by atoms with E-state index in [4.69, 9.17) is 9.97 Å². The first-order chi connectivity index (χ1) is 15.6. The van der Waals surface area contributed by atoms with Gasteiger partial charge in [-0.3, -0.25) is 0 Å². The van der Waals surface area contributed by atoms with Gasteiger partial charge in [0, 0.05) is 37.7 Å². The van der Waals surface area contributed by atoms with E-state index in [1.165, 1.54) is 0 Å². The Kier molecular flexibility index (Phi) is 4.33. The molecule has 0 atom stereocenters. The van der Waals surface area contributed by atoms with Crippen molar-refractivity contribution in [1.82, 2.24) is 19.9 Å². The van der Waals surface area contributed by atoms with Gasteiger partial charge < -0.3 is 15.1 Å². The van der Waals surface area contributed by atoms with Crippen molar-refractivity contribution in [3.8, 4) is 5.75 Å². The molecule has 0 unspecified atom stereocenters. The maximum Gasteiger partial charge on any atom is 0.116 e. The molecule has 0 saturated heterocycles. The van der Waals surface area contributed by atoms with Gasteiger partial charge in [0.2, 0.25) is 0 Å². The zero-order valence-corrected chi connectivity index (χ0v) is 18.4. The molecule has 5 nitrogen and oxygen atoms in total. The zero-order chi connectivity index (χ0) is 21.7. The first-order valence-corrected chi connectivity index (χ1v) is 11.0. The third-order valence-electron chi connectivity index (χ3n) is 5.41. The summed E-state index contributed by atoms with van der Waals surface area (Å²) in [6, 6.07) is 21.5. The van der Waals surface area contributed by atoms with Crippen LogP contribution in [0.15, 0.2) is 71.2 Å². The Balaban J connectivity index is 1.65. The van der Waals surface area contributed by atoms with Gasteiger partial charge in [0.05, 0.1) is 22.8 Å². The van der Waals surface area contributed by atoms with Gasteiger partial charge in [0.1, 0.15) is 5.75 Å². The van der Waals surface area contributed by atoms with E-state index in [2.05, 4.69) is 32.0 Å². The average Bonchev–Trinajstić information content (AvgIpc) is 3.55. The van der Waals surface area contributed by atoms with Crippen LogP contribution >= 0.6 is 15.9 Å². The molecule has 0 spiro atoms. The highest BCUT2D eigenvalue weighted by atomic mass is 79.9. The molecule has 2 aliphatic rings. The highest BCUT2D eigenvalue weighted by Crippen LogP contribution is 2.35. The fourth-order valence-corrected chi connectivity index (χ4v) is 4.41. The van der Waals surface area contributed by atoms with Crippen LogP contribution < -0.4 is 0 Å². The number of nitrogens with one attached hydrogen (secondary N) is 2. The second-order valence-electron chi connectivity index (χ2n) is 7.75. The summed E-state index contributed by atoms with van der Waals surface area (Å²) in [4.78, 5) is 16.4. The maximum atomic E-state index is 10.1. The summed E-state index contributed by atoms with van der Waals surface area (Å²) in [6.07, 6.45) is 6.00. The summed E-state index contributed by atoms with van der Waals surface area (Å²) in [5.74, 6) is 0.206. The molecular weight excluding hydrogens is 464 g/mol. The quantitative estimate of drug-likeness (QED) is 0.250. The Morgan fingerprint density at radius 3 is 2.00 bits per heavy atom. The molecule has 0 saturated carbocycles. The molecule has 0 fully saturated rings. The van der Waals surface area contributed by atoms with Crippen molar-refractivity contribution >= 4 is 61.8 Å². The maximum absolute atomic E-state index is 10.1. The van der Waals surface area contributed by atoms with Crippen LogP contribution in [0.4, 0.5) is 0 Å². The number of aromatic nitrogens is 4. The van der Waals surface area contributed by atoms with E-state index in [0.29, 0.717) is 0 Å². The Hall–Kier alpha value is -3.90. The monoisotopic (exact) mass is 480 g/mol. The van der Waals surface area contributed by atoms with Gasteiger partial charge in [0.25, 0.3) is 0 Å². The van der Waals surface area contributed by atoms with Crippen molar-refractivity contribution in [2.45, 2.75) is 0 Å². The van der Waals surface area contributed by atoms with Crippen LogP contribution in [0, 0.1) is 0 Å². The summed E-state index contributed by atoms with van der Waals surface area (Å²) < 4.78 is 0.887. The Morgan fingerprint density at radius 2 is 1.28 bits per heavy atom. The number of fused-ring (bicyclic) bond motifs is 8. The number of halogens is 1. The number of hydrogen-bond acceptors (Lipinski definition) is 3. The SMILES string of the molecule is Oc1ccc(Br)c(C2=Cc3cc4ccc(cc5ccc(cc6nc(cc2n3)C=C6)[nH]5)[nH]4)c1. The number of phenols is 1. The molecule has 6 rings (SSSR count). The lowest BCUT2D eigenvalue weighted by Gasteiger charge is -2.06. The van der Waals surface area contributed by atoms with E-state index in [0.717, 1.165) is 60.5 Å². The van der Waals surface area contributed by atoms with Crippen LogP contribution in [0.25, 0.3) is 45.9 Å². The molecular formula is C26H17BrN4O. The smallest absolute Gasteiger partial charge is 0.116 e. The van der Waals surface area contributed by atoms with E-state index in [1.807, 2.05) is 66.8 Å². The van der Waals surface area contributed by atoms with E-state index < -0.39 is 0 Å². The molecule has 0 radical (unpaired) electrons. The third kappa shape index (κ3) is 3.55. The van der Waals surface area contributed by atoms with Gasteiger partial charge in [0.15, 0.2) is 0 Å². The van der Waals surface area contributed by atoms with Gasteiger partial charge in [-0.25, -0.2) is 9.97 Å². The molecule has 8 bridgehead atoms. The van der Waals surface area contributed by atoms with E-state index in [1.54, 1.807) is 12.1 Å². The van der Waals surface area contributed by atoms with Crippen LogP contribution in [-0.4, -0.2) is 25.0 Å². The van der Waals surface area contributed by atoms with Gasteiger partial charge >= 0.3 is 0 Å². The number of hydrogen-bond donors (Lipinski definition) is 3. The number of rotatable bonds is 1. The lowest BCUT2D eigenvalue weighted by molar-refractivity contribution is 0.475. The van der Waals surface area contributed by atoms with Gasteiger partial charge in [-0.15, -0.1) is 0 Å². The summed E-state index contributed by atoms with van der Waals surface area (Å²) >= 11 is 3.61. The number of H-pyrrole nitrogens is 2. The van der Waals surface area contributed by atoms with Crippen LogP contribution in [-0.2, 0) is 0 Å². The topological polar surface area (TPSA) is 77.6 Å². The summed E-state index contributed by atoms with van der Waals surface area (Å²) in [5, 5.41) is 10.1. The van der Waals surface area contributed by atoms with Crippen LogP contribution in [0.5, 0.6) is 5.75 Å². The third-order valence-corrected chi connectivity index (χ3v) is 6.10. The van der Waals surface area contributed by atoms with Gasteiger partial charge in [-0.05, 0) is 85.0 Å². The number of aromatic hydroxyl groups is 1. The fourth-order valence-electron chi connectivity index (χ4n) is 3.95. The molecule has 0 aliphatic carbocycles. The van der Waals surface area contributed by atoms with E-state index >= 15 is 0 Å². The largest absolute Gasteiger partial charge is 0.508 e. The normalized spacial score (nSPS) is 12.7. The summed E-state index contributed by atoms with van der Waals surface area (Å²) in [6.45, 7) is 0. The lowest BCUT2D eigenvalue weighted by Crippen LogP contribution is -1.88. The number of aromatic amines is 2. The second kappa shape index (κ2) is 7.35. The molecule has 32 heavy (non-hydrogen) atoms. The number of phenolic OH excluding ortho intramolecular Hbond substituents is 1. The molecule has 5 heterocycles. The van der Waals surface area contributed by atoms with Crippen LogP contribution in [0.1, 0.15) is 28.3 Å². The lowest BCUT2D eigenvalue weighted by atomic mass is 10.0. The number of benzene rings is 1. The van der Waals surface area contributed by atoms with E-state index in [9.17, 15) is 5.11 Å². The first kappa shape index (κ1) is 18.8. The van der Waals surface area contributed by atoms with Crippen molar-refractivity contribution in [2.24, 2.45) is 0 Å². The highest BCUT2D eigenvalue weighted by molar-refractivity contribution is 9.10. The predicted octanol–water partition coefficient (Wildman–Crippen LogP) is 6.54. The highest BCUT2D eigenvalue weighted by Gasteiger charge is 2.16.